The normalized spacial score (nSPS) is 23.4. The van der Waals surface area contributed by atoms with E-state index in [2.05, 4.69) is 29.9 Å². The highest BCUT2D eigenvalue weighted by atomic mass is 32.2. The van der Waals surface area contributed by atoms with E-state index in [4.69, 9.17) is 4.74 Å². The average molecular weight is 268 g/mol. The van der Waals surface area contributed by atoms with Crippen LogP contribution in [0.1, 0.15) is 6.92 Å². The van der Waals surface area contributed by atoms with E-state index >= 15 is 0 Å². The Morgan fingerprint density at radius 3 is 2.71 bits per heavy atom. The number of nitrogens with zero attached hydrogens (tertiary/aromatic N) is 1. The van der Waals surface area contributed by atoms with Crippen LogP contribution in [-0.2, 0) is 0 Å². The van der Waals surface area contributed by atoms with E-state index in [9.17, 15) is 0 Å². The van der Waals surface area contributed by atoms with Gasteiger partial charge in [-0.2, -0.15) is 12.6 Å². The maximum absolute atomic E-state index is 5.12. The molecule has 0 bridgehead atoms. The van der Waals surface area contributed by atoms with Crippen LogP contribution in [0.25, 0.3) is 0 Å². The van der Waals surface area contributed by atoms with Gasteiger partial charge in [-0.15, -0.1) is 0 Å². The van der Waals surface area contributed by atoms with Crippen LogP contribution in [0.2, 0.25) is 0 Å². The molecule has 1 aliphatic heterocycles. The second-order valence-corrected chi connectivity index (χ2v) is 5.49. The van der Waals surface area contributed by atoms with E-state index in [1.165, 1.54) is 0 Å². The largest absolute Gasteiger partial charge is 0.497 e. The summed E-state index contributed by atoms with van der Waals surface area (Å²) in [7, 11) is 1.66. The number of thiol groups is 1. The molecule has 0 amide bonds. The maximum atomic E-state index is 5.12. The summed E-state index contributed by atoms with van der Waals surface area (Å²) < 4.78 is 5.12. The Labute approximate surface area is 111 Å². The topological polar surface area (TPSA) is 33.6 Å². The van der Waals surface area contributed by atoms with E-state index in [0.29, 0.717) is 0 Å². The lowest BCUT2D eigenvalue weighted by Crippen LogP contribution is -2.24. The first-order chi connectivity index (χ1) is 8.15. The zero-order valence-corrected chi connectivity index (χ0v) is 11.6. The Kier molecular flexibility index (Phi) is 3.89. The van der Waals surface area contributed by atoms with E-state index in [1.54, 1.807) is 18.9 Å². The summed E-state index contributed by atoms with van der Waals surface area (Å²) in [4.78, 5) is 4.64. The third-order valence-electron chi connectivity index (χ3n) is 2.57. The summed E-state index contributed by atoms with van der Waals surface area (Å²) >= 11 is 6.07. The van der Waals surface area contributed by atoms with Crippen molar-refractivity contribution in [2.75, 3.05) is 23.9 Å². The molecule has 1 atom stereocenters. The van der Waals surface area contributed by atoms with Crippen LogP contribution >= 0.6 is 24.4 Å². The van der Waals surface area contributed by atoms with Gasteiger partial charge in [0.15, 0.2) is 5.17 Å². The summed E-state index contributed by atoms with van der Waals surface area (Å²) in [6, 6.07) is 7.83. The highest BCUT2D eigenvalue weighted by Gasteiger charge is 2.29. The number of ether oxygens (including phenoxy) is 1. The number of thioether (sulfide) groups is 1. The molecule has 1 N–H and O–H groups in total. The molecule has 1 aromatic rings. The van der Waals surface area contributed by atoms with Crippen molar-refractivity contribution >= 4 is 35.2 Å². The third-order valence-corrected chi connectivity index (χ3v) is 4.49. The van der Waals surface area contributed by atoms with Gasteiger partial charge in [0.2, 0.25) is 0 Å². The fraction of sp³-hybridized carbons (Fsp3) is 0.417. The van der Waals surface area contributed by atoms with Crippen molar-refractivity contribution in [3.63, 3.8) is 0 Å². The highest BCUT2D eigenvalue weighted by molar-refractivity contribution is 8.14. The van der Waals surface area contributed by atoms with Gasteiger partial charge in [-0.3, -0.25) is 4.99 Å². The molecule has 0 radical (unpaired) electrons. The van der Waals surface area contributed by atoms with Crippen LogP contribution in [-0.4, -0.2) is 29.3 Å². The quantitative estimate of drug-likeness (QED) is 0.827. The van der Waals surface area contributed by atoms with Gasteiger partial charge in [0.05, 0.1) is 12.6 Å². The van der Waals surface area contributed by atoms with Gasteiger partial charge >= 0.3 is 0 Å². The smallest absolute Gasteiger partial charge is 0.161 e. The molecule has 17 heavy (non-hydrogen) atoms. The number of hydrogen-bond acceptors (Lipinski definition) is 5. The molecule has 0 aromatic heterocycles. The number of benzene rings is 1. The first-order valence-corrected chi connectivity index (χ1v) is 7.02. The standard InChI is InChI=1S/C12H16N2OS2/c1-12(7-16)8-17-11(14-12)13-9-3-5-10(15-2)6-4-9/h3-6,16H,7-8H2,1-2H3,(H,13,14). The van der Waals surface area contributed by atoms with Gasteiger partial charge in [0.1, 0.15) is 5.75 Å². The number of aliphatic imine (C=N–C) groups is 1. The molecule has 92 valence electrons. The van der Waals surface area contributed by atoms with E-state index < -0.39 is 0 Å². The van der Waals surface area contributed by atoms with Gasteiger partial charge in [-0.1, -0.05) is 11.8 Å². The molecule has 1 heterocycles. The fourth-order valence-corrected chi connectivity index (χ4v) is 2.90. The maximum Gasteiger partial charge on any atom is 0.161 e. The van der Waals surface area contributed by atoms with Crippen molar-refractivity contribution in [2.24, 2.45) is 4.99 Å². The van der Waals surface area contributed by atoms with Gasteiger partial charge in [0, 0.05) is 17.2 Å². The van der Waals surface area contributed by atoms with Crippen molar-refractivity contribution in [1.82, 2.24) is 0 Å². The van der Waals surface area contributed by atoms with Gasteiger partial charge in [0.25, 0.3) is 0 Å². The van der Waals surface area contributed by atoms with Crippen molar-refractivity contribution in [3.05, 3.63) is 24.3 Å². The monoisotopic (exact) mass is 268 g/mol. The molecule has 0 saturated heterocycles. The van der Waals surface area contributed by atoms with Gasteiger partial charge < -0.3 is 10.1 Å². The minimum absolute atomic E-state index is 0.0391. The van der Waals surface area contributed by atoms with Crippen LogP contribution in [0.3, 0.4) is 0 Å². The first-order valence-electron chi connectivity index (χ1n) is 5.40. The van der Waals surface area contributed by atoms with Crippen LogP contribution in [0.5, 0.6) is 5.75 Å². The molecule has 0 saturated carbocycles. The third kappa shape index (κ3) is 3.10. The van der Waals surface area contributed by atoms with Crippen molar-refractivity contribution in [3.8, 4) is 5.75 Å². The molecule has 1 aliphatic rings. The van der Waals surface area contributed by atoms with E-state index in [-0.39, 0.29) is 5.54 Å². The lowest BCUT2D eigenvalue weighted by Gasteiger charge is -2.14. The molecule has 5 heteroatoms. The van der Waals surface area contributed by atoms with E-state index in [0.717, 1.165) is 28.1 Å². The lowest BCUT2D eigenvalue weighted by molar-refractivity contribution is 0.415. The number of anilines is 1. The summed E-state index contributed by atoms with van der Waals surface area (Å²) in [5.74, 6) is 2.61. The molecule has 0 spiro atoms. The summed E-state index contributed by atoms with van der Waals surface area (Å²) in [6.07, 6.45) is 0. The van der Waals surface area contributed by atoms with Crippen LogP contribution in [0.15, 0.2) is 29.3 Å². The first kappa shape index (κ1) is 12.6. The minimum Gasteiger partial charge on any atom is -0.497 e. The summed E-state index contributed by atoms with van der Waals surface area (Å²) in [5, 5.41) is 4.27. The predicted molar refractivity (Wildman–Crippen MR) is 78.8 cm³/mol. The summed E-state index contributed by atoms with van der Waals surface area (Å²) in [5.41, 5.74) is 0.989. The molecule has 0 fully saturated rings. The Balaban J connectivity index is 2.04. The average Bonchev–Trinajstić information content (AvgIpc) is 2.73. The zero-order chi connectivity index (χ0) is 12.3. The predicted octanol–water partition coefficient (Wildman–Crippen LogP) is 2.90. The number of rotatable bonds is 3. The molecular formula is C12H16N2OS2. The number of amidine groups is 1. The molecular weight excluding hydrogens is 252 g/mol. The van der Waals surface area contributed by atoms with Crippen molar-refractivity contribution in [2.45, 2.75) is 12.5 Å². The van der Waals surface area contributed by atoms with Crippen LogP contribution in [0.4, 0.5) is 5.69 Å². The van der Waals surface area contributed by atoms with Crippen LogP contribution in [0, 0.1) is 0 Å². The Morgan fingerprint density at radius 2 is 2.18 bits per heavy atom. The molecule has 3 nitrogen and oxygen atoms in total. The van der Waals surface area contributed by atoms with Gasteiger partial charge in [-0.25, -0.2) is 0 Å². The van der Waals surface area contributed by atoms with Crippen LogP contribution < -0.4 is 10.1 Å². The number of methoxy groups -OCH3 is 1. The Bertz CT molecular complexity index is 419. The Hall–Kier alpha value is -0.810. The lowest BCUT2D eigenvalue weighted by atomic mass is 10.1. The van der Waals surface area contributed by atoms with Crippen molar-refractivity contribution < 1.29 is 4.74 Å². The highest BCUT2D eigenvalue weighted by Crippen LogP contribution is 2.29. The SMILES string of the molecule is COc1ccc(NC2=NC(C)(CS)CS2)cc1. The van der Waals surface area contributed by atoms with Crippen molar-refractivity contribution in [1.29, 1.82) is 0 Å². The molecule has 1 unspecified atom stereocenters. The second-order valence-electron chi connectivity index (χ2n) is 4.21. The van der Waals surface area contributed by atoms with Gasteiger partial charge in [-0.05, 0) is 31.2 Å². The number of nitrogens with one attached hydrogen (secondary N) is 1. The molecule has 2 rings (SSSR count). The fourth-order valence-electron chi connectivity index (χ4n) is 1.48. The molecule has 0 aliphatic carbocycles. The minimum atomic E-state index is -0.0391. The molecule has 1 aromatic carbocycles. The van der Waals surface area contributed by atoms with E-state index in [1.807, 2.05) is 24.3 Å². The Morgan fingerprint density at radius 1 is 1.47 bits per heavy atom. The zero-order valence-electron chi connectivity index (χ0n) is 9.93. The second kappa shape index (κ2) is 5.23. The summed E-state index contributed by atoms with van der Waals surface area (Å²) in [6.45, 7) is 2.12. The number of hydrogen-bond donors (Lipinski definition) is 2.